The number of hydrogen-bond donors (Lipinski definition) is 3. The summed E-state index contributed by atoms with van der Waals surface area (Å²) in [5.41, 5.74) is 5.17. The molecule has 0 bridgehead atoms. The van der Waals surface area contributed by atoms with E-state index in [2.05, 4.69) is 5.32 Å². The quantitative estimate of drug-likeness (QED) is 0.430. The molecule has 1 saturated heterocycles. The first-order chi connectivity index (χ1) is 17.2. The normalized spacial score (nSPS) is 17.9. The Morgan fingerprint density at radius 2 is 1.86 bits per heavy atom. The van der Waals surface area contributed by atoms with E-state index in [4.69, 9.17) is 5.73 Å². The number of carboxylic acids is 1. The average molecular weight is 533 g/mol. The van der Waals surface area contributed by atoms with Gasteiger partial charge in [0.05, 0.1) is 16.9 Å². The first-order valence-corrected chi connectivity index (χ1v) is 11.9. The number of nitrogens with zero attached hydrogens (tertiary/aromatic N) is 2. The van der Waals surface area contributed by atoms with Crippen molar-refractivity contribution in [2.24, 2.45) is 5.73 Å². The number of carboxylic acid groups (broad SMARTS) is 1. The number of nitrogens with two attached hydrogens (primary N) is 1. The molecule has 2 atom stereocenters. The molecule has 0 radical (unpaired) electrons. The van der Waals surface area contributed by atoms with Gasteiger partial charge < -0.3 is 25.6 Å². The number of hydrogen-bond acceptors (Lipinski definition) is 5. The number of aromatic carboxylic acids is 1. The van der Waals surface area contributed by atoms with E-state index in [1.807, 2.05) is 30.3 Å². The number of amides is 1. The molecule has 37 heavy (non-hydrogen) atoms. The van der Waals surface area contributed by atoms with Crippen molar-refractivity contribution in [1.82, 2.24) is 9.88 Å². The van der Waals surface area contributed by atoms with Crippen LogP contribution in [0.15, 0.2) is 47.4 Å². The van der Waals surface area contributed by atoms with Crippen LogP contribution in [0, 0.1) is 11.6 Å². The Bertz CT molecular complexity index is 1410. The number of carbonyl (C=O) groups is 2. The van der Waals surface area contributed by atoms with E-state index in [0.29, 0.717) is 32.2 Å². The number of anilines is 1. The van der Waals surface area contributed by atoms with Gasteiger partial charge in [0.25, 0.3) is 0 Å². The van der Waals surface area contributed by atoms with E-state index >= 15 is 8.78 Å². The first kappa shape index (κ1) is 26.6. The highest BCUT2D eigenvalue weighted by atomic mass is 35.5. The maximum absolute atomic E-state index is 15.8. The molecule has 1 aliphatic carbocycles. The SMILES string of the molecule is Cl.NC(Cc1ccccc1)C(=O)NC1CCN(c2c(F)cc3c(=O)c(C(=O)O)cn(C4CC4)c3c2F)C1. The van der Waals surface area contributed by atoms with Gasteiger partial charge >= 0.3 is 5.97 Å². The Morgan fingerprint density at radius 3 is 2.51 bits per heavy atom. The van der Waals surface area contributed by atoms with Crippen molar-refractivity contribution in [2.75, 3.05) is 18.0 Å². The van der Waals surface area contributed by atoms with Crippen LogP contribution in [0.1, 0.15) is 41.2 Å². The van der Waals surface area contributed by atoms with E-state index in [9.17, 15) is 19.5 Å². The van der Waals surface area contributed by atoms with Crippen LogP contribution in [0.5, 0.6) is 0 Å². The fourth-order valence-electron chi connectivity index (χ4n) is 4.86. The zero-order chi connectivity index (χ0) is 25.6. The Hall–Kier alpha value is -3.50. The minimum atomic E-state index is -1.44. The molecule has 1 amide bonds. The molecule has 11 heteroatoms. The van der Waals surface area contributed by atoms with Crippen molar-refractivity contribution in [3.8, 4) is 0 Å². The Kier molecular flexibility index (Phi) is 7.52. The van der Waals surface area contributed by atoms with Gasteiger partial charge in [0.1, 0.15) is 17.1 Å². The molecular weight excluding hydrogens is 506 g/mol. The number of nitrogens with one attached hydrogen (secondary N) is 1. The molecule has 1 saturated carbocycles. The fourth-order valence-corrected chi connectivity index (χ4v) is 4.86. The summed E-state index contributed by atoms with van der Waals surface area (Å²) < 4.78 is 32.4. The molecular formula is C26H27ClF2N4O4. The van der Waals surface area contributed by atoms with Crippen LogP contribution in [0.25, 0.3) is 10.9 Å². The van der Waals surface area contributed by atoms with Gasteiger partial charge in [-0.3, -0.25) is 9.59 Å². The number of fused-ring (bicyclic) bond motifs is 1. The van der Waals surface area contributed by atoms with Crippen molar-refractivity contribution in [3.63, 3.8) is 0 Å². The van der Waals surface area contributed by atoms with E-state index in [1.165, 1.54) is 9.47 Å². The highest BCUT2D eigenvalue weighted by Crippen LogP contribution is 2.40. The minimum Gasteiger partial charge on any atom is -0.477 e. The number of halogens is 3. The van der Waals surface area contributed by atoms with Crippen molar-refractivity contribution < 1.29 is 23.5 Å². The lowest BCUT2D eigenvalue weighted by molar-refractivity contribution is -0.122. The topological polar surface area (TPSA) is 118 Å². The van der Waals surface area contributed by atoms with E-state index in [-0.39, 0.29) is 53.5 Å². The lowest BCUT2D eigenvalue weighted by Gasteiger charge is -2.23. The van der Waals surface area contributed by atoms with Crippen molar-refractivity contribution >= 4 is 40.9 Å². The van der Waals surface area contributed by atoms with Gasteiger partial charge in [-0.1, -0.05) is 30.3 Å². The van der Waals surface area contributed by atoms with Gasteiger partial charge in [-0.2, -0.15) is 0 Å². The van der Waals surface area contributed by atoms with Crippen LogP contribution in [-0.2, 0) is 11.2 Å². The van der Waals surface area contributed by atoms with Crippen LogP contribution in [-0.4, -0.2) is 46.7 Å². The summed E-state index contributed by atoms with van der Waals surface area (Å²) in [6, 6.07) is 9.05. The largest absolute Gasteiger partial charge is 0.477 e. The second-order valence-electron chi connectivity index (χ2n) is 9.47. The molecule has 4 N–H and O–H groups in total. The fraction of sp³-hybridized carbons (Fsp3) is 0.346. The third-order valence-electron chi connectivity index (χ3n) is 6.84. The van der Waals surface area contributed by atoms with E-state index < -0.39 is 34.6 Å². The summed E-state index contributed by atoms with van der Waals surface area (Å²) in [5, 5.41) is 12.0. The average Bonchev–Trinajstić information content (AvgIpc) is 3.59. The van der Waals surface area contributed by atoms with E-state index in [0.717, 1.165) is 17.8 Å². The van der Waals surface area contributed by atoms with Crippen LogP contribution < -0.4 is 21.4 Å². The summed E-state index contributed by atoms with van der Waals surface area (Å²) in [6.45, 7) is 0.461. The molecule has 2 heterocycles. The first-order valence-electron chi connectivity index (χ1n) is 11.9. The Balaban J connectivity index is 0.00000320. The summed E-state index contributed by atoms with van der Waals surface area (Å²) in [4.78, 5) is 38.3. The van der Waals surface area contributed by atoms with Crippen LogP contribution >= 0.6 is 12.4 Å². The smallest absolute Gasteiger partial charge is 0.341 e. The predicted octanol–water partition coefficient (Wildman–Crippen LogP) is 3.00. The molecule has 2 fully saturated rings. The predicted molar refractivity (Wildman–Crippen MR) is 137 cm³/mol. The number of aromatic nitrogens is 1. The maximum atomic E-state index is 15.8. The third-order valence-corrected chi connectivity index (χ3v) is 6.84. The van der Waals surface area contributed by atoms with Crippen LogP contribution in [0.3, 0.4) is 0 Å². The van der Waals surface area contributed by atoms with Gasteiger partial charge in [-0.15, -0.1) is 12.4 Å². The number of carbonyl (C=O) groups excluding carboxylic acids is 1. The number of rotatable bonds is 7. The molecule has 2 unspecified atom stereocenters. The van der Waals surface area contributed by atoms with Crippen molar-refractivity contribution in [3.05, 3.63) is 75.6 Å². The summed E-state index contributed by atoms with van der Waals surface area (Å²) in [7, 11) is 0. The Labute approximate surface area is 217 Å². The molecule has 2 aliphatic rings. The van der Waals surface area contributed by atoms with Gasteiger partial charge in [-0.25, -0.2) is 13.6 Å². The highest BCUT2D eigenvalue weighted by Gasteiger charge is 2.33. The van der Waals surface area contributed by atoms with Gasteiger partial charge in [0, 0.05) is 31.4 Å². The monoisotopic (exact) mass is 532 g/mol. The van der Waals surface area contributed by atoms with Crippen molar-refractivity contribution in [1.29, 1.82) is 0 Å². The number of benzene rings is 2. The lowest BCUT2D eigenvalue weighted by atomic mass is 10.1. The molecule has 3 aromatic rings. The summed E-state index contributed by atoms with van der Waals surface area (Å²) in [5.74, 6) is -3.63. The highest BCUT2D eigenvalue weighted by molar-refractivity contribution is 5.94. The zero-order valence-corrected chi connectivity index (χ0v) is 20.6. The van der Waals surface area contributed by atoms with E-state index in [1.54, 1.807) is 0 Å². The standard InChI is InChI=1S/C26H26F2N4O4.ClH/c27-19-11-17-22(32(16-6-7-16)13-18(24(17)33)26(35)36)21(28)23(19)31-9-8-15(12-31)30-25(34)20(29)10-14-4-2-1-3-5-14;/h1-5,11,13,15-16,20H,6-10,12,29H2,(H,30,34)(H,35,36);1H. The van der Waals surface area contributed by atoms with Crippen molar-refractivity contribution in [2.45, 2.75) is 43.8 Å². The van der Waals surface area contributed by atoms with Crippen LogP contribution in [0.4, 0.5) is 14.5 Å². The third kappa shape index (κ3) is 5.17. The van der Waals surface area contributed by atoms with Gasteiger partial charge in [0.15, 0.2) is 5.82 Å². The molecule has 8 nitrogen and oxygen atoms in total. The second-order valence-corrected chi connectivity index (χ2v) is 9.47. The molecule has 196 valence electrons. The van der Waals surface area contributed by atoms with Gasteiger partial charge in [0.2, 0.25) is 11.3 Å². The maximum Gasteiger partial charge on any atom is 0.341 e. The summed E-state index contributed by atoms with van der Waals surface area (Å²) >= 11 is 0. The van der Waals surface area contributed by atoms with Gasteiger partial charge in [-0.05, 0) is 37.3 Å². The number of pyridine rings is 1. The molecule has 5 rings (SSSR count). The molecule has 0 spiro atoms. The molecule has 1 aliphatic heterocycles. The van der Waals surface area contributed by atoms with Crippen LogP contribution in [0.2, 0.25) is 0 Å². The Morgan fingerprint density at radius 1 is 1.16 bits per heavy atom. The minimum absolute atomic E-state index is 0. The molecule has 1 aromatic heterocycles. The summed E-state index contributed by atoms with van der Waals surface area (Å²) in [6.07, 6.45) is 3.41. The lowest BCUT2D eigenvalue weighted by Crippen LogP contribution is -2.47. The second kappa shape index (κ2) is 10.5. The zero-order valence-electron chi connectivity index (χ0n) is 19.8. The molecule has 2 aromatic carbocycles.